The van der Waals surface area contributed by atoms with Crippen molar-refractivity contribution in [3.8, 4) is 0 Å². The zero-order valence-corrected chi connectivity index (χ0v) is 8.25. The third-order valence-electron chi connectivity index (χ3n) is 3.10. The molecule has 0 aliphatic carbocycles. The first-order chi connectivity index (χ1) is 6.27. The van der Waals surface area contributed by atoms with Crippen LogP contribution in [0.5, 0.6) is 0 Å². The molecular weight excluding hydrogens is 164 g/mol. The molecule has 2 aliphatic rings. The van der Waals surface area contributed by atoms with Crippen LogP contribution in [0.25, 0.3) is 0 Å². The number of carbonyl (C=O) groups is 1. The highest BCUT2D eigenvalue weighted by molar-refractivity contribution is 5.78. The van der Waals surface area contributed by atoms with Crippen LogP contribution in [0.3, 0.4) is 0 Å². The lowest BCUT2D eigenvalue weighted by Crippen LogP contribution is -2.48. The zero-order valence-electron chi connectivity index (χ0n) is 8.25. The van der Waals surface area contributed by atoms with Crippen molar-refractivity contribution in [2.45, 2.75) is 32.2 Å². The molecule has 1 amide bonds. The Balaban J connectivity index is 1.95. The van der Waals surface area contributed by atoms with Crippen LogP contribution in [0.1, 0.15) is 26.2 Å². The van der Waals surface area contributed by atoms with Crippen LogP contribution < -0.4 is 5.32 Å². The van der Waals surface area contributed by atoms with Gasteiger partial charge in [0.25, 0.3) is 0 Å². The van der Waals surface area contributed by atoms with Crippen LogP contribution >= 0.6 is 0 Å². The van der Waals surface area contributed by atoms with Gasteiger partial charge in [0.1, 0.15) is 0 Å². The van der Waals surface area contributed by atoms with E-state index in [0.29, 0.717) is 17.9 Å². The molecule has 0 radical (unpaired) electrons. The minimum atomic E-state index is 0.362. The molecule has 2 unspecified atom stereocenters. The number of nitrogens with one attached hydrogen (secondary N) is 1. The summed E-state index contributed by atoms with van der Waals surface area (Å²) in [6, 6.07) is 0.471. The monoisotopic (exact) mass is 182 g/mol. The van der Waals surface area contributed by atoms with Gasteiger partial charge in [-0.25, -0.2) is 0 Å². The van der Waals surface area contributed by atoms with E-state index in [9.17, 15) is 4.79 Å². The van der Waals surface area contributed by atoms with Gasteiger partial charge in [0, 0.05) is 25.6 Å². The van der Waals surface area contributed by atoms with E-state index in [1.54, 1.807) is 0 Å². The minimum absolute atomic E-state index is 0.362. The van der Waals surface area contributed by atoms with E-state index < -0.39 is 0 Å². The quantitative estimate of drug-likeness (QED) is 0.644. The number of nitrogens with zero attached hydrogens (tertiary/aromatic N) is 1. The van der Waals surface area contributed by atoms with Crippen molar-refractivity contribution in [3.05, 3.63) is 0 Å². The molecule has 2 atom stereocenters. The van der Waals surface area contributed by atoms with E-state index in [1.807, 2.05) is 0 Å². The minimum Gasteiger partial charge on any atom is -0.338 e. The van der Waals surface area contributed by atoms with E-state index >= 15 is 0 Å². The Bertz CT molecular complexity index is 205. The summed E-state index contributed by atoms with van der Waals surface area (Å²) in [6.45, 7) is 5.34. The molecule has 74 valence electrons. The normalized spacial score (nSPS) is 35.5. The number of carbonyl (C=O) groups excluding carboxylic acids is 1. The first-order valence-corrected chi connectivity index (χ1v) is 5.27. The largest absolute Gasteiger partial charge is 0.338 e. The highest BCUT2D eigenvalue weighted by atomic mass is 16.2. The molecule has 3 heteroatoms. The second kappa shape index (κ2) is 3.66. The average molecular weight is 182 g/mol. The Morgan fingerprint density at radius 1 is 1.46 bits per heavy atom. The Labute approximate surface area is 79.5 Å². The summed E-state index contributed by atoms with van der Waals surface area (Å²) >= 11 is 0. The summed E-state index contributed by atoms with van der Waals surface area (Å²) in [5, 5.41) is 3.39. The molecule has 2 fully saturated rings. The highest BCUT2D eigenvalue weighted by Gasteiger charge is 2.30. The third-order valence-corrected chi connectivity index (χ3v) is 3.10. The lowest BCUT2D eigenvalue weighted by atomic mass is 9.97. The van der Waals surface area contributed by atoms with Gasteiger partial charge in [0.05, 0.1) is 0 Å². The van der Waals surface area contributed by atoms with E-state index in [1.165, 1.54) is 6.42 Å². The van der Waals surface area contributed by atoms with Crippen molar-refractivity contribution in [1.29, 1.82) is 0 Å². The van der Waals surface area contributed by atoms with Crippen molar-refractivity contribution in [3.63, 3.8) is 0 Å². The molecule has 0 aromatic heterocycles. The topological polar surface area (TPSA) is 32.3 Å². The smallest absolute Gasteiger partial charge is 0.222 e. The summed E-state index contributed by atoms with van der Waals surface area (Å²) in [5.41, 5.74) is 0. The van der Waals surface area contributed by atoms with Crippen molar-refractivity contribution in [2.24, 2.45) is 5.92 Å². The molecule has 0 spiro atoms. The van der Waals surface area contributed by atoms with Crippen molar-refractivity contribution >= 4 is 5.91 Å². The van der Waals surface area contributed by atoms with Crippen LogP contribution in [-0.2, 0) is 4.79 Å². The fraction of sp³-hybridized carbons (Fsp3) is 0.900. The molecule has 2 saturated heterocycles. The van der Waals surface area contributed by atoms with Crippen molar-refractivity contribution < 1.29 is 4.79 Å². The van der Waals surface area contributed by atoms with Gasteiger partial charge in [-0.2, -0.15) is 0 Å². The molecule has 0 aromatic carbocycles. The molecule has 0 aromatic rings. The van der Waals surface area contributed by atoms with Crippen LogP contribution in [0.15, 0.2) is 0 Å². The number of amides is 1. The Kier molecular flexibility index (Phi) is 2.54. The van der Waals surface area contributed by atoms with Crippen molar-refractivity contribution in [1.82, 2.24) is 10.2 Å². The van der Waals surface area contributed by atoms with Crippen LogP contribution in [-0.4, -0.2) is 36.5 Å². The second-order valence-corrected chi connectivity index (χ2v) is 4.34. The number of hydrogen-bond acceptors (Lipinski definition) is 2. The predicted octanol–water partition coefficient (Wildman–Crippen LogP) is 0.607. The summed E-state index contributed by atoms with van der Waals surface area (Å²) < 4.78 is 0. The van der Waals surface area contributed by atoms with Crippen LogP contribution in [0.2, 0.25) is 0 Å². The number of likely N-dealkylation sites (tertiary alicyclic amines) is 1. The summed E-state index contributed by atoms with van der Waals surface area (Å²) in [5.74, 6) is 1.08. The zero-order chi connectivity index (χ0) is 9.26. The highest BCUT2D eigenvalue weighted by Crippen LogP contribution is 2.20. The molecule has 13 heavy (non-hydrogen) atoms. The Morgan fingerprint density at radius 2 is 2.31 bits per heavy atom. The van der Waals surface area contributed by atoms with Gasteiger partial charge in [0.15, 0.2) is 0 Å². The van der Waals surface area contributed by atoms with Crippen LogP contribution in [0.4, 0.5) is 0 Å². The maximum atomic E-state index is 11.5. The fourth-order valence-corrected chi connectivity index (χ4v) is 2.42. The van der Waals surface area contributed by atoms with Gasteiger partial charge in [0.2, 0.25) is 5.91 Å². The lowest BCUT2D eigenvalue weighted by Gasteiger charge is -2.34. The van der Waals surface area contributed by atoms with E-state index in [2.05, 4.69) is 17.1 Å². The number of piperidine rings is 1. The molecule has 3 nitrogen and oxygen atoms in total. The molecule has 2 heterocycles. The maximum absolute atomic E-state index is 11.5. The molecule has 2 rings (SSSR count). The SMILES string of the molecule is CC1CNCC(N2CCCC2=O)C1. The lowest BCUT2D eigenvalue weighted by molar-refractivity contribution is -0.130. The molecule has 0 saturated carbocycles. The molecule has 1 N–H and O–H groups in total. The van der Waals surface area contributed by atoms with Crippen molar-refractivity contribution in [2.75, 3.05) is 19.6 Å². The fourth-order valence-electron chi connectivity index (χ4n) is 2.42. The van der Waals surface area contributed by atoms with Gasteiger partial charge in [-0.1, -0.05) is 6.92 Å². The summed E-state index contributed by atoms with van der Waals surface area (Å²) in [7, 11) is 0. The van der Waals surface area contributed by atoms with Gasteiger partial charge < -0.3 is 10.2 Å². The standard InChI is InChI=1S/C10H18N2O/c1-8-5-9(7-11-6-8)12-4-2-3-10(12)13/h8-9,11H,2-7H2,1H3. The first-order valence-electron chi connectivity index (χ1n) is 5.27. The Morgan fingerprint density at radius 3 is 2.92 bits per heavy atom. The van der Waals surface area contributed by atoms with Gasteiger partial charge >= 0.3 is 0 Å². The van der Waals surface area contributed by atoms with E-state index in [4.69, 9.17) is 0 Å². The van der Waals surface area contributed by atoms with Gasteiger partial charge in [-0.3, -0.25) is 4.79 Å². The van der Waals surface area contributed by atoms with Gasteiger partial charge in [-0.05, 0) is 25.3 Å². The summed E-state index contributed by atoms with van der Waals surface area (Å²) in [4.78, 5) is 13.6. The Hall–Kier alpha value is -0.570. The van der Waals surface area contributed by atoms with Crippen LogP contribution in [0, 0.1) is 5.92 Å². The molecule has 2 aliphatic heterocycles. The molecular formula is C10H18N2O. The average Bonchev–Trinajstić information content (AvgIpc) is 2.51. The first kappa shape index (κ1) is 9.00. The molecule has 0 bridgehead atoms. The second-order valence-electron chi connectivity index (χ2n) is 4.34. The summed E-state index contributed by atoms with van der Waals surface area (Å²) in [6.07, 6.45) is 3.01. The van der Waals surface area contributed by atoms with E-state index in [-0.39, 0.29) is 0 Å². The third kappa shape index (κ3) is 1.85. The number of hydrogen-bond donors (Lipinski definition) is 1. The predicted molar refractivity (Wildman–Crippen MR) is 51.4 cm³/mol. The number of rotatable bonds is 1. The van der Waals surface area contributed by atoms with Gasteiger partial charge in [-0.15, -0.1) is 0 Å². The van der Waals surface area contributed by atoms with E-state index in [0.717, 1.165) is 32.5 Å². The maximum Gasteiger partial charge on any atom is 0.222 e.